The molecule has 0 amide bonds. The van der Waals surface area contributed by atoms with E-state index in [0.29, 0.717) is 12.8 Å². The minimum Gasteiger partial charge on any atom is -0.462 e. The highest BCUT2D eigenvalue weighted by Crippen LogP contribution is 2.24. The highest BCUT2D eigenvalue weighted by Gasteiger charge is 2.46. The monoisotopic (exact) mass is 750 g/mol. The molecule has 2 unspecified atom stereocenters. The lowest BCUT2D eigenvalue weighted by Gasteiger charge is -2.40. The first-order valence-corrected chi connectivity index (χ1v) is 21.3. The Morgan fingerprint density at radius 3 is 1.65 bits per heavy atom. The average molecular weight is 751 g/mol. The lowest BCUT2D eigenvalue weighted by molar-refractivity contribution is -0.297. The summed E-state index contributed by atoms with van der Waals surface area (Å²) in [5.74, 6) is -1.98. The van der Waals surface area contributed by atoms with Gasteiger partial charge >= 0.3 is 11.9 Å². The van der Waals surface area contributed by atoms with E-state index in [9.17, 15) is 37.9 Å². The standard InChI is InChI=1S/C38H70O12S/c1-3-5-7-9-11-13-14-15-16-17-18-19-21-22-24-26-33(39)47-28-31(49-34(40)27-25-23-20-12-10-8-6-4-2)29-48-38-37(43)36(42)35(41)32(50-38)30-51(44,45)46/h3,31-32,35-38,41-43H,1,4-30H2,2H3,(H,44,45,46)/t31-,32-,35-,36?,37?,38+/m1/s1. The van der Waals surface area contributed by atoms with Crippen LogP contribution in [0.5, 0.6) is 0 Å². The molecule has 1 aliphatic heterocycles. The van der Waals surface area contributed by atoms with Crippen LogP contribution in [0.15, 0.2) is 12.7 Å². The molecule has 1 fully saturated rings. The van der Waals surface area contributed by atoms with Crippen LogP contribution in [0.1, 0.15) is 161 Å². The molecule has 13 heteroatoms. The van der Waals surface area contributed by atoms with Crippen molar-refractivity contribution in [2.45, 2.75) is 198 Å². The number of hydrogen-bond donors (Lipinski definition) is 4. The zero-order valence-electron chi connectivity index (χ0n) is 31.3. The van der Waals surface area contributed by atoms with Crippen molar-refractivity contribution in [3.8, 4) is 0 Å². The fraction of sp³-hybridized carbons (Fsp3) is 0.895. The number of rotatable bonds is 33. The summed E-state index contributed by atoms with van der Waals surface area (Å²) in [5, 5.41) is 30.7. The third-order valence-corrected chi connectivity index (χ3v) is 9.99. The zero-order chi connectivity index (χ0) is 37.7. The predicted molar refractivity (Wildman–Crippen MR) is 197 cm³/mol. The van der Waals surface area contributed by atoms with E-state index in [-0.39, 0.29) is 19.4 Å². The van der Waals surface area contributed by atoms with Crippen LogP contribution in [-0.4, -0.2) is 96.0 Å². The van der Waals surface area contributed by atoms with Gasteiger partial charge < -0.3 is 34.3 Å². The minimum atomic E-state index is -4.59. The first-order chi connectivity index (χ1) is 24.5. The lowest BCUT2D eigenvalue weighted by atomic mass is 10.00. The molecule has 1 heterocycles. The van der Waals surface area contributed by atoms with E-state index in [2.05, 4.69) is 13.5 Å². The maximum absolute atomic E-state index is 12.7. The van der Waals surface area contributed by atoms with Crippen molar-refractivity contribution in [2.75, 3.05) is 19.0 Å². The highest BCUT2D eigenvalue weighted by atomic mass is 32.2. The molecule has 1 saturated heterocycles. The van der Waals surface area contributed by atoms with Gasteiger partial charge in [0.15, 0.2) is 12.4 Å². The molecule has 0 saturated carbocycles. The number of carbonyl (C=O) groups is 2. The normalized spacial score (nSPS) is 21.3. The molecule has 0 spiro atoms. The third kappa shape index (κ3) is 25.1. The average Bonchev–Trinajstić information content (AvgIpc) is 3.09. The molecule has 6 atom stereocenters. The quantitative estimate of drug-likeness (QED) is 0.0241. The topological polar surface area (TPSA) is 186 Å². The van der Waals surface area contributed by atoms with Gasteiger partial charge in [0, 0.05) is 12.8 Å². The fourth-order valence-corrected chi connectivity index (χ4v) is 6.82. The molecule has 0 aliphatic carbocycles. The molecule has 1 aliphatic rings. The van der Waals surface area contributed by atoms with Crippen molar-refractivity contribution in [1.82, 2.24) is 0 Å². The van der Waals surface area contributed by atoms with Crippen LogP contribution < -0.4 is 0 Å². The first-order valence-electron chi connectivity index (χ1n) is 19.7. The second kappa shape index (κ2) is 29.8. The van der Waals surface area contributed by atoms with Crippen molar-refractivity contribution in [1.29, 1.82) is 0 Å². The minimum absolute atomic E-state index is 0.166. The van der Waals surface area contributed by atoms with Gasteiger partial charge in [-0.05, 0) is 25.7 Å². The van der Waals surface area contributed by atoms with Gasteiger partial charge in [-0.25, -0.2) is 0 Å². The second-order valence-electron chi connectivity index (χ2n) is 14.0. The summed E-state index contributed by atoms with van der Waals surface area (Å²) < 4.78 is 53.7. The molecule has 0 aromatic carbocycles. The van der Waals surface area contributed by atoms with Gasteiger partial charge in [-0.1, -0.05) is 129 Å². The van der Waals surface area contributed by atoms with E-state index in [1.807, 2.05) is 6.08 Å². The van der Waals surface area contributed by atoms with Gasteiger partial charge in [0.05, 0.1) is 6.61 Å². The number of allylic oxidation sites excluding steroid dienone is 1. The smallest absolute Gasteiger partial charge is 0.306 e. The van der Waals surface area contributed by atoms with Crippen molar-refractivity contribution < 1.29 is 56.8 Å². The Kier molecular flexibility index (Phi) is 27.7. The van der Waals surface area contributed by atoms with Crippen molar-refractivity contribution in [3.63, 3.8) is 0 Å². The molecule has 12 nitrogen and oxygen atoms in total. The van der Waals surface area contributed by atoms with E-state index in [1.54, 1.807) is 0 Å². The Morgan fingerprint density at radius 1 is 0.686 bits per heavy atom. The second-order valence-corrected chi connectivity index (χ2v) is 15.5. The maximum Gasteiger partial charge on any atom is 0.306 e. The molecular weight excluding hydrogens is 680 g/mol. The van der Waals surface area contributed by atoms with Crippen molar-refractivity contribution in [2.24, 2.45) is 0 Å². The number of hydrogen-bond acceptors (Lipinski definition) is 11. The van der Waals surface area contributed by atoms with E-state index in [4.69, 9.17) is 18.9 Å². The van der Waals surface area contributed by atoms with Crippen LogP contribution in [0.2, 0.25) is 0 Å². The Bertz CT molecular complexity index is 1010. The Balaban J connectivity index is 2.45. The van der Waals surface area contributed by atoms with E-state index < -0.39 is 71.2 Å². The molecular formula is C38H70O12S. The van der Waals surface area contributed by atoms with E-state index in [0.717, 1.165) is 44.9 Å². The lowest BCUT2D eigenvalue weighted by Crippen LogP contribution is -2.60. The largest absolute Gasteiger partial charge is 0.462 e. The zero-order valence-corrected chi connectivity index (χ0v) is 32.1. The number of unbranched alkanes of at least 4 members (excludes halogenated alkanes) is 20. The highest BCUT2D eigenvalue weighted by molar-refractivity contribution is 7.85. The summed E-state index contributed by atoms with van der Waals surface area (Å²) >= 11 is 0. The van der Waals surface area contributed by atoms with Crippen LogP contribution >= 0.6 is 0 Å². The number of ether oxygens (including phenoxy) is 4. The molecule has 1 rings (SSSR count). The van der Waals surface area contributed by atoms with Crippen LogP contribution in [0.4, 0.5) is 0 Å². The summed E-state index contributed by atoms with van der Waals surface area (Å²) in [6.45, 7) is 5.22. The summed E-state index contributed by atoms with van der Waals surface area (Å²) in [6, 6.07) is 0. The van der Waals surface area contributed by atoms with E-state index >= 15 is 0 Å². The summed E-state index contributed by atoms with van der Waals surface area (Å²) in [4.78, 5) is 25.2. The number of esters is 2. The molecule has 0 aromatic rings. The van der Waals surface area contributed by atoms with Crippen LogP contribution in [-0.2, 0) is 38.7 Å². The Morgan fingerprint density at radius 2 is 1.16 bits per heavy atom. The van der Waals surface area contributed by atoms with Crippen molar-refractivity contribution >= 4 is 22.1 Å². The fourth-order valence-electron chi connectivity index (χ4n) is 6.13. The first kappa shape index (κ1) is 47.4. The molecule has 300 valence electrons. The molecule has 0 radical (unpaired) electrons. The number of aliphatic hydroxyl groups is 3. The van der Waals surface area contributed by atoms with Crippen molar-refractivity contribution in [3.05, 3.63) is 12.7 Å². The SMILES string of the molecule is C=CCCCCCCCCCCCCCCCC(=O)OC[C@H](CO[C@H]1O[C@H](CS(=O)(=O)O)[C@@H](O)C(O)C1O)OC(=O)CCCCCCCCCC. The maximum atomic E-state index is 12.7. The van der Waals surface area contributed by atoms with Gasteiger partial charge in [-0.2, -0.15) is 8.42 Å². The number of aliphatic hydroxyl groups excluding tert-OH is 3. The predicted octanol–water partition coefficient (Wildman–Crippen LogP) is 6.72. The van der Waals surface area contributed by atoms with Gasteiger partial charge in [0.2, 0.25) is 0 Å². The van der Waals surface area contributed by atoms with Gasteiger partial charge in [0.1, 0.15) is 36.8 Å². The summed E-state index contributed by atoms with van der Waals surface area (Å²) in [7, 11) is -4.59. The molecule has 0 bridgehead atoms. The summed E-state index contributed by atoms with van der Waals surface area (Å²) in [6.07, 6.45) is 17.5. The third-order valence-electron chi connectivity index (χ3n) is 9.24. The van der Waals surface area contributed by atoms with Gasteiger partial charge in [-0.3, -0.25) is 14.1 Å². The van der Waals surface area contributed by atoms with Gasteiger partial charge in [-0.15, -0.1) is 6.58 Å². The van der Waals surface area contributed by atoms with Crippen LogP contribution in [0.25, 0.3) is 0 Å². The Hall–Kier alpha value is -1.61. The van der Waals surface area contributed by atoms with Crippen LogP contribution in [0, 0.1) is 0 Å². The molecule has 4 N–H and O–H groups in total. The summed E-state index contributed by atoms with van der Waals surface area (Å²) in [5.41, 5.74) is 0. The van der Waals surface area contributed by atoms with Gasteiger partial charge in [0.25, 0.3) is 10.1 Å². The number of carbonyl (C=O) groups excluding carboxylic acids is 2. The van der Waals surface area contributed by atoms with Crippen LogP contribution in [0.3, 0.4) is 0 Å². The van der Waals surface area contributed by atoms with E-state index in [1.165, 1.54) is 83.5 Å². The Labute approximate surface area is 307 Å². The molecule has 0 aromatic heterocycles. The molecule has 51 heavy (non-hydrogen) atoms.